The maximum Gasteiger partial charge on any atom is 0.0690 e. The minimum atomic E-state index is -0.0368. The molecule has 1 heterocycles. The van der Waals surface area contributed by atoms with Crippen LogP contribution in [-0.4, -0.2) is 11.7 Å². The molecule has 0 N–H and O–H groups in total. The van der Waals surface area contributed by atoms with E-state index >= 15 is 0 Å². The van der Waals surface area contributed by atoms with Gasteiger partial charge in [-0.3, -0.25) is 0 Å². The Balaban J connectivity index is 1.60. The molecule has 2 nitrogen and oxygen atoms in total. The molecule has 0 aromatic rings. The van der Waals surface area contributed by atoms with Gasteiger partial charge in [-0.2, -0.15) is 5.26 Å². The van der Waals surface area contributed by atoms with Crippen LogP contribution < -0.4 is 0 Å². The maximum absolute atomic E-state index is 9.47. The van der Waals surface area contributed by atoms with Gasteiger partial charge in [-0.25, -0.2) is 0 Å². The van der Waals surface area contributed by atoms with Crippen molar-refractivity contribution < 1.29 is 4.74 Å². The fourth-order valence-corrected chi connectivity index (χ4v) is 4.45. The van der Waals surface area contributed by atoms with Crippen molar-refractivity contribution in [3.8, 4) is 6.07 Å². The Morgan fingerprint density at radius 3 is 2.28 bits per heavy atom. The van der Waals surface area contributed by atoms with E-state index in [2.05, 4.69) is 6.07 Å². The smallest absolute Gasteiger partial charge is 0.0690 e. The molecule has 1 saturated heterocycles. The fourth-order valence-electron chi connectivity index (χ4n) is 4.45. The summed E-state index contributed by atoms with van der Waals surface area (Å²) in [6, 6.07) is 2.62. The third-order valence-corrected chi connectivity index (χ3v) is 5.52. The van der Waals surface area contributed by atoms with Crippen molar-refractivity contribution >= 4 is 0 Å². The van der Waals surface area contributed by atoms with Crippen LogP contribution in [0.3, 0.4) is 0 Å². The highest BCUT2D eigenvalue weighted by molar-refractivity contribution is 5.04. The number of ether oxygens (including phenoxy) is 1. The highest BCUT2D eigenvalue weighted by Crippen LogP contribution is 2.48. The lowest BCUT2D eigenvalue weighted by atomic mass is 9.81. The Hall–Kier alpha value is -0.550. The van der Waals surface area contributed by atoms with Crippen LogP contribution in [0.2, 0.25) is 0 Å². The van der Waals surface area contributed by atoms with Gasteiger partial charge in [-0.1, -0.05) is 32.1 Å². The Labute approximate surface area is 111 Å². The zero-order valence-corrected chi connectivity index (χ0v) is 11.4. The Bertz CT molecular complexity index is 331. The number of rotatable bonds is 2. The summed E-state index contributed by atoms with van der Waals surface area (Å²) in [6.45, 7) is 0. The molecule has 18 heavy (non-hydrogen) atoms. The highest BCUT2D eigenvalue weighted by Gasteiger charge is 2.44. The van der Waals surface area contributed by atoms with E-state index < -0.39 is 0 Å². The van der Waals surface area contributed by atoms with Crippen LogP contribution in [0, 0.1) is 16.7 Å². The summed E-state index contributed by atoms with van der Waals surface area (Å²) in [6.07, 6.45) is 15.1. The minimum absolute atomic E-state index is 0.0368. The monoisotopic (exact) mass is 247 g/mol. The molecular weight excluding hydrogens is 222 g/mol. The lowest BCUT2D eigenvalue weighted by Crippen LogP contribution is -2.33. The van der Waals surface area contributed by atoms with E-state index in [4.69, 9.17) is 4.74 Å². The van der Waals surface area contributed by atoms with Gasteiger partial charge < -0.3 is 4.74 Å². The third-order valence-electron chi connectivity index (χ3n) is 5.52. The average molecular weight is 247 g/mol. The molecule has 1 unspecified atom stereocenters. The van der Waals surface area contributed by atoms with E-state index in [9.17, 15) is 5.26 Å². The summed E-state index contributed by atoms with van der Waals surface area (Å²) < 4.78 is 6.43. The number of hydrogen-bond donors (Lipinski definition) is 0. The van der Waals surface area contributed by atoms with Gasteiger partial charge in [-0.15, -0.1) is 0 Å². The first-order valence-electron chi connectivity index (χ1n) is 7.85. The van der Waals surface area contributed by atoms with Crippen molar-refractivity contribution in [2.45, 2.75) is 88.8 Å². The van der Waals surface area contributed by atoms with Gasteiger partial charge in [0.05, 0.1) is 23.2 Å². The van der Waals surface area contributed by atoms with Crippen molar-refractivity contribution in [2.75, 3.05) is 0 Å². The van der Waals surface area contributed by atoms with Crippen LogP contribution in [0.4, 0.5) is 0 Å². The zero-order chi connectivity index (χ0) is 12.5. The molecule has 2 heteroatoms. The summed E-state index contributed by atoms with van der Waals surface area (Å²) in [5.74, 6) is 0. The summed E-state index contributed by atoms with van der Waals surface area (Å²) in [4.78, 5) is 0. The zero-order valence-electron chi connectivity index (χ0n) is 11.4. The van der Waals surface area contributed by atoms with Gasteiger partial charge in [0, 0.05) is 0 Å². The van der Waals surface area contributed by atoms with Crippen molar-refractivity contribution in [1.29, 1.82) is 5.26 Å². The largest absolute Gasteiger partial charge is 0.372 e. The molecule has 1 spiro atoms. The number of hydrogen-bond acceptors (Lipinski definition) is 2. The molecule has 100 valence electrons. The third kappa shape index (κ3) is 2.30. The summed E-state index contributed by atoms with van der Waals surface area (Å²) in [7, 11) is 0. The first-order valence-corrected chi connectivity index (χ1v) is 7.85. The molecule has 0 radical (unpaired) electrons. The first-order chi connectivity index (χ1) is 8.76. The van der Waals surface area contributed by atoms with Crippen molar-refractivity contribution in [3.63, 3.8) is 0 Å². The van der Waals surface area contributed by atoms with Gasteiger partial charge in [0.15, 0.2) is 0 Å². The molecule has 0 aromatic heterocycles. The SMILES string of the molecule is N#CC1(CC2CCC3(CCCCC3)O2)CCCC1. The fraction of sp³-hybridized carbons (Fsp3) is 0.938. The molecule has 0 bridgehead atoms. The normalized spacial score (nSPS) is 33.6. The van der Waals surface area contributed by atoms with E-state index in [0.717, 1.165) is 19.3 Å². The number of nitrogens with zero attached hydrogens (tertiary/aromatic N) is 1. The van der Waals surface area contributed by atoms with Gasteiger partial charge in [0.25, 0.3) is 0 Å². The molecule has 2 aliphatic carbocycles. The molecule has 0 amide bonds. The molecule has 3 fully saturated rings. The van der Waals surface area contributed by atoms with Crippen LogP contribution in [0.5, 0.6) is 0 Å². The predicted molar refractivity (Wildman–Crippen MR) is 71.1 cm³/mol. The second kappa shape index (κ2) is 4.85. The number of nitriles is 1. The van der Waals surface area contributed by atoms with Gasteiger partial charge in [-0.05, 0) is 44.9 Å². The first kappa shape index (κ1) is 12.5. The van der Waals surface area contributed by atoms with E-state index in [1.165, 1.54) is 57.8 Å². The predicted octanol–water partition coefficient (Wildman–Crippen LogP) is 4.34. The Morgan fingerprint density at radius 1 is 0.944 bits per heavy atom. The summed E-state index contributed by atoms with van der Waals surface area (Å²) in [5.41, 5.74) is 0.184. The lowest BCUT2D eigenvalue weighted by molar-refractivity contribution is -0.0730. The van der Waals surface area contributed by atoms with Gasteiger partial charge in [0.2, 0.25) is 0 Å². The molecule has 0 aromatic carbocycles. The van der Waals surface area contributed by atoms with E-state index in [-0.39, 0.29) is 11.0 Å². The second-order valence-corrected chi connectivity index (χ2v) is 6.83. The molecule has 3 aliphatic rings. The Kier molecular flexibility index (Phi) is 3.36. The van der Waals surface area contributed by atoms with Crippen LogP contribution >= 0.6 is 0 Å². The molecule has 1 atom stereocenters. The van der Waals surface area contributed by atoms with Gasteiger partial charge >= 0.3 is 0 Å². The highest BCUT2D eigenvalue weighted by atomic mass is 16.5. The topological polar surface area (TPSA) is 33.0 Å². The van der Waals surface area contributed by atoms with Gasteiger partial charge in [0.1, 0.15) is 0 Å². The average Bonchev–Trinajstić information content (AvgIpc) is 3.00. The molecule has 1 aliphatic heterocycles. The van der Waals surface area contributed by atoms with Crippen molar-refractivity contribution in [2.24, 2.45) is 5.41 Å². The summed E-state index contributed by atoms with van der Waals surface area (Å²) in [5, 5.41) is 9.47. The van der Waals surface area contributed by atoms with Crippen LogP contribution in [-0.2, 0) is 4.74 Å². The second-order valence-electron chi connectivity index (χ2n) is 6.83. The standard InChI is InChI=1S/C16H25NO/c17-13-15(7-4-5-8-15)12-14-6-11-16(18-14)9-2-1-3-10-16/h14H,1-12H2. The minimum Gasteiger partial charge on any atom is -0.372 e. The maximum atomic E-state index is 9.47. The molecule has 3 rings (SSSR count). The lowest BCUT2D eigenvalue weighted by Gasteiger charge is -2.34. The van der Waals surface area contributed by atoms with Crippen LogP contribution in [0.1, 0.15) is 77.0 Å². The Morgan fingerprint density at radius 2 is 1.61 bits per heavy atom. The van der Waals surface area contributed by atoms with E-state index in [0.29, 0.717) is 6.10 Å². The van der Waals surface area contributed by atoms with Crippen LogP contribution in [0.15, 0.2) is 0 Å². The van der Waals surface area contributed by atoms with E-state index in [1.54, 1.807) is 0 Å². The van der Waals surface area contributed by atoms with E-state index in [1.807, 2.05) is 0 Å². The summed E-state index contributed by atoms with van der Waals surface area (Å²) >= 11 is 0. The van der Waals surface area contributed by atoms with Crippen LogP contribution in [0.25, 0.3) is 0 Å². The molecule has 2 saturated carbocycles. The molecular formula is C16H25NO. The van der Waals surface area contributed by atoms with Crippen molar-refractivity contribution in [3.05, 3.63) is 0 Å². The van der Waals surface area contributed by atoms with Crippen molar-refractivity contribution in [1.82, 2.24) is 0 Å². The quantitative estimate of drug-likeness (QED) is 0.727.